The van der Waals surface area contributed by atoms with Crippen molar-refractivity contribution in [1.82, 2.24) is 9.55 Å². The van der Waals surface area contributed by atoms with Crippen LogP contribution in [0.25, 0.3) is 22.4 Å². The van der Waals surface area contributed by atoms with Gasteiger partial charge in [0.1, 0.15) is 5.82 Å². The maximum Gasteiger partial charge on any atom is 0.238 e. The van der Waals surface area contributed by atoms with Crippen LogP contribution in [-0.2, 0) is 0 Å². The minimum atomic E-state index is -0.465. The molecule has 0 amide bonds. The molecule has 1 aromatic heterocycles. The molecule has 0 N–H and O–H groups in total. The molecule has 0 aliphatic heterocycles. The maximum atomic E-state index is 12.9. The summed E-state index contributed by atoms with van der Waals surface area (Å²) in [6, 6.07) is 17.6. The average Bonchev–Trinajstić information content (AvgIpc) is 2.85. The Morgan fingerprint density at radius 1 is 0.952 bits per heavy atom. The second-order valence-corrected chi connectivity index (χ2v) is 6.18. The molecule has 0 fully saturated rings. The largest absolute Gasteiger partial charge is 0.273 e. The molecule has 3 rings (SSSR count). The van der Waals surface area contributed by atoms with Gasteiger partial charge in [0.2, 0.25) is 5.91 Å². The molecule has 3 nitrogen and oxygen atoms in total. The third-order valence-corrected chi connectivity index (χ3v) is 3.44. The fourth-order valence-electron chi connectivity index (χ4n) is 2.35. The highest BCUT2D eigenvalue weighted by Crippen LogP contribution is 2.28. The van der Waals surface area contributed by atoms with Crippen molar-refractivity contribution in [3.05, 3.63) is 54.6 Å². The zero-order valence-corrected chi connectivity index (χ0v) is 12.5. The van der Waals surface area contributed by atoms with Crippen LogP contribution in [0, 0.1) is 5.41 Å². The average molecular weight is 278 g/mol. The fraction of sp³-hybridized carbons (Fsp3) is 0.222. The van der Waals surface area contributed by atoms with Gasteiger partial charge in [-0.3, -0.25) is 9.36 Å². The van der Waals surface area contributed by atoms with Crippen molar-refractivity contribution in [2.75, 3.05) is 0 Å². The van der Waals surface area contributed by atoms with Gasteiger partial charge in [-0.1, -0.05) is 63.2 Å². The second kappa shape index (κ2) is 4.85. The van der Waals surface area contributed by atoms with E-state index in [4.69, 9.17) is 0 Å². The molecule has 0 aliphatic rings. The Morgan fingerprint density at radius 2 is 1.57 bits per heavy atom. The standard InChI is InChI=1S/C18H18N2O/c1-18(2,3)17(21)20-15-12-8-7-11-14(15)19-16(20)13-9-5-4-6-10-13/h4-12H,1-3H3. The van der Waals surface area contributed by atoms with E-state index < -0.39 is 5.41 Å². The Morgan fingerprint density at radius 3 is 2.24 bits per heavy atom. The summed E-state index contributed by atoms with van der Waals surface area (Å²) < 4.78 is 1.74. The Balaban J connectivity index is 2.32. The normalized spacial score (nSPS) is 11.8. The molecule has 1 heterocycles. The van der Waals surface area contributed by atoms with Gasteiger partial charge < -0.3 is 0 Å². The van der Waals surface area contributed by atoms with Crippen molar-refractivity contribution in [3.8, 4) is 11.4 Å². The monoisotopic (exact) mass is 278 g/mol. The highest BCUT2D eigenvalue weighted by Gasteiger charge is 2.27. The fourth-order valence-corrected chi connectivity index (χ4v) is 2.35. The molecule has 0 radical (unpaired) electrons. The molecule has 21 heavy (non-hydrogen) atoms. The molecule has 106 valence electrons. The lowest BCUT2D eigenvalue weighted by Crippen LogP contribution is -2.27. The summed E-state index contributed by atoms with van der Waals surface area (Å²) in [5, 5.41) is 0. The lowest BCUT2D eigenvalue weighted by atomic mass is 9.95. The van der Waals surface area contributed by atoms with Crippen LogP contribution in [0.1, 0.15) is 25.6 Å². The Labute approximate surface area is 124 Å². The molecule has 0 saturated heterocycles. The van der Waals surface area contributed by atoms with Crippen molar-refractivity contribution in [1.29, 1.82) is 0 Å². The first kappa shape index (κ1) is 13.6. The number of fused-ring (bicyclic) bond motifs is 1. The van der Waals surface area contributed by atoms with Crippen LogP contribution >= 0.6 is 0 Å². The van der Waals surface area contributed by atoms with E-state index in [0.717, 1.165) is 16.6 Å². The summed E-state index contributed by atoms with van der Waals surface area (Å²) in [6.07, 6.45) is 0. The number of aromatic nitrogens is 2. The third-order valence-electron chi connectivity index (χ3n) is 3.44. The summed E-state index contributed by atoms with van der Waals surface area (Å²) in [4.78, 5) is 17.5. The summed E-state index contributed by atoms with van der Waals surface area (Å²) in [5.41, 5.74) is 2.18. The molecule has 0 atom stereocenters. The van der Waals surface area contributed by atoms with Crippen molar-refractivity contribution < 1.29 is 4.79 Å². The second-order valence-electron chi connectivity index (χ2n) is 6.18. The Hall–Kier alpha value is -2.42. The van der Waals surface area contributed by atoms with Gasteiger partial charge in [-0.25, -0.2) is 4.98 Å². The van der Waals surface area contributed by atoms with E-state index in [1.54, 1.807) is 4.57 Å². The van der Waals surface area contributed by atoms with Gasteiger partial charge >= 0.3 is 0 Å². The van der Waals surface area contributed by atoms with E-state index in [2.05, 4.69) is 4.98 Å². The zero-order valence-electron chi connectivity index (χ0n) is 12.5. The number of hydrogen-bond donors (Lipinski definition) is 0. The number of carbonyl (C=O) groups excluding carboxylic acids is 1. The van der Waals surface area contributed by atoms with Gasteiger partial charge in [-0.05, 0) is 12.1 Å². The van der Waals surface area contributed by atoms with Gasteiger partial charge in [0.05, 0.1) is 11.0 Å². The van der Waals surface area contributed by atoms with Crippen LogP contribution in [0.5, 0.6) is 0 Å². The first-order valence-corrected chi connectivity index (χ1v) is 7.06. The number of imidazole rings is 1. The summed E-state index contributed by atoms with van der Waals surface area (Å²) >= 11 is 0. The molecule has 0 spiro atoms. The van der Waals surface area contributed by atoms with Crippen molar-refractivity contribution in [2.24, 2.45) is 5.41 Å². The molecule has 0 unspecified atom stereocenters. The minimum absolute atomic E-state index is 0.0510. The Kier molecular flexibility index (Phi) is 3.13. The predicted octanol–water partition coefficient (Wildman–Crippen LogP) is 4.39. The van der Waals surface area contributed by atoms with Gasteiger partial charge in [0.15, 0.2) is 0 Å². The summed E-state index contributed by atoms with van der Waals surface area (Å²) in [5.74, 6) is 0.756. The molecule has 2 aromatic carbocycles. The Bertz CT molecular complexity index is 795. The number of rotatable bonds is 1. The number of nitrogens with zero attached hydrogens (tertiary/aromatic N) is 2. The number of benzene rings is 2. The number of para-hydroxylation sites is 2. The molecule has 3 aromatic rings. The molecular formula is C18H18N2O. The van der Waals surface area contributed by atoms with E-state index in [9.17, 15) is 4.79 Å². The SMILES string of the molecule is CC(C)(C)C(=O)n1c(-c2ccccc2)nc2ccccc21. The van der Waals surface area contributed by atoms with Crippen LogP contribution < -0.4 is 0 Å². The maximum absolute atomic E-state index is 12.9. The van der Waals surface area contributed by atoms with Crippen LogP contribution in [0.3, 0.4) is 0 Å². The smallest absolute Gasteiger partial charge is 0.238 e. The van der Waals surface area contributed by atoms with Crippen LogP contribution in [-0.4, -0.2) is 15.5 Å². The number of hydrogen-bond acceptors (Lipinski definition) is 2. The lowest BCUT2D eigenvalue weighted by molar-refractivity contribution is 0.0774. The van der Waals surface area contributed by atoms with Crippen molar-refractivity contribution >= 4 is 16.9 Å². The van der Waals surface area contributed by atoms with Crippen LogP contribution in [0.4, 0.5) is 0 Å². The molecular weight excluding hydrogens is 260 g/mol. The lowest BCUT2D eigenvalue weighted by Gasteiger charge is -2.19. The molecule has 0 bridgehead atoms. The quantitative estimate of drug-likeness (QED) is 0.661. The van der Waals surface area contributed by atoms with E-state index in [0.29, 0.717) is 5.82 Å². The zero-order chi connectivity index (χ0) is 15.0. The topological polar surface area (TPSA) is 34.9 Å². The minimum Gasteiger partial charge on any atom is -0.273 e. The van der Waals surface area contributed by atoms with E-state index in [1.807, 2.05) is 75.4 Å². The molecule has 0 aliphatic carbocycles. The van der Waals surface area contributed by atoms with Crippen molar-refractivity contribution in [2.45, 2.75) is 20.8 Å². The molecule has 3 heteroatoms. The van der Waals surface area contributed by atoms with E-state index in [-0.39, 0.29) is 5.91 Å². The summed E-state index contributed by atoms with van der Waals surface area (Å²) in [6.45, 7) is 5.79. The van der Waals surface area contributed by atoms with E-state index in [1.165, 1.54) is 0 Å². The third kappa shape index (κ3) is 2.35. The molecule has 0 saturated carbocycles. The first-order chi connectivity index (χ1) is 9.98. The first-order valence-electron chi connectivity index (χ1n) is 7.06. The van der Waals surface area contributed by atoms with Gasteiger partial charge in [0.25, 0.3) is 0 Å². The predicted molar refractivity (Wildman–Crippen MR) is 85.3 cm³/mol. The van der Waals surface area contributed by atoms with Crippen LogP contribution in [0.2, 0.25) is 0 Å². The van der Waals surface area contributed by atoms with Gasteiger partial charge in [0, 0.05) is 11.0 Å². The highest BCUT2D eigenvalue weighted by atomic mass is 16.2. The van der Waals surface area contributed by atoms with Crippen molar-refractivity contribution in [3.63, 3.8) is 0 Å². The number of carbonyl (C=O) groups is 1. The van der Waals surface area contributed by atoms with Gasteiger partial charge in [-0.15, -0.1) is 0 Å². The summed E-state index contributed by atoms with van der Waals surface area (Å²) in [7, 11) is 0. The highest BCUT2D eigenvalue weighted by molar-refractivity contribution is 5.97. The van der Waals surface area contributed by atoms with Gasteiger partial charge in [-0.2, -0.15) is 0 Å². The van der Waals surface area contributed by atoms with E-state index >= 15 is 0 Å². The van der Waals surface area contributed by atoms with Crippen LogP contribution in [0.15, 0.2) is 54.6 Å².